The number of H-pyrrole nitrogens is 1. The zero-order valence-electron chi connectivity index (χ0n) is 12.3. The number of fused-ring (bicyclic) bond motifs is 2. The van der Waals surface area contributed by atoms with Gasteiger partial charge in [-0.1, -0.05) is 6.92 Å². The maximum Gasteiger partial charge on any atom is 0.258 e. The van der Waals surface area contributed by atoms with E-state index in [-0.39, 0.29) is 11.0 Å². The van der Waals surface area contributed by atoms with Crippen LogP contribution in [0.1, 0.15) is 31.7 Å². The second-order valence-electron chi connectivity index (χ2n) is 6.21. The van der Waals surface area contributed by atoms with Crippen LogP contribution < -0.4 is 10.2 Å². The molecule has 0 radical (unpaired) electrons. The van der Waals surface area contributed by atoms with Gasteiger partial charge in [-0.3, -0.25) is 4.79 Å². The van der Waals surface area contributed by atoms with Crippen LogP contribution in [-0.4, -0.2) is 23.6 Å². The topological polar surface area (TPSA) is 68.8 Å². The average molecular weight is 273 g/mol. The zero-order chi connectivity index (χ0) is 14.7. The van der Waals surface area contributed by atoms with Gasteiger partial charge in [0, 0.05) is 17.0 Å². The van der Waals surface area contributed by atoms with Gasteiger partial charge in [0.05, 0.1) is 24.5 Å². The Morgan fingerprint density at radius 2 is 2.20 bits per heavy atom. The van der Waals surface area contributed by atoms with E-state index in [9.17, 15) is 10.0 Å². The summed E-state index contributed by atoms with van der Waals surface area (Å²) in [5.41, 5.74) is 2.00. The van der Waals surface area contributed by atoms with Crippen molar-refractivity contribution in [1.82, 2.24) is 14.6 Å². The van der Waals surface area contributed by atoms with Crippen LogP contribution in [0.25, 0.3) is 10.9 Å². The molecule has 20 heavy (non-hydrogen) atoms. The van der Waals surface area contributed by atoms with Crippen molar-refractivity contribution in [1.29, 1.82) is 0 Å². The molecule has 106 valence electrons. The van der Waals surface area contributed by atoms with Crippen LogP contribution in [0.4, 0.5) is 5.69 Å². The van der Waals surface area contributed by atoms with E-state index in [1.807, 2.05) is 6.07 Å². The minimum atomic E-state index is -0.400. The van der Waals surface area contributed by atoms with Gasteiger partial charge >= 0.3 is 0 Å². The van der Waals surface area contributed by atoms with Gasteiger partial charge in [-0.15, -0.1) is 0 Å². The molecule has 2 heterocycles. The number of nitrogens with zero attached hydrogens (tertiary/aromatic N) is 2. The first kappa shape index (κ1) is 13.3. The molecule has 0 spiro atoms. The van der Waals surface area contributed by atoms with E-state index >= 15 is 0 Å². The lowest BCUT2D eigenvalue weighted by Crippen LogP contribution is -2.41. The van der Waals surface area contributed by atoms with E-state index in [4.69, 9.17) is 0 Å². The summed E-state index contributed by atoms with van der Waals surface area (Å²) < 4.78 is -0.400. The smallest absolute Gasteiger partial charge is 0.258 e. The molecule has 3 rings (SSSR count). The van der Waals surface area contributed by atoms with E-state index in [1.165, 1.54) is 0 Å². The molecular formula is C15H19N3O2. The number of aromatic amines is 1. The van der Waals surface area contributed by atoms with E-state index in [2.05, 4.69) is 23.8 Å². The van der Waals surface area contributed by atoms with Gasteiger partial charge in [0.1, 0.15) is 11.5 Å². The summed E-state index contributed by atoms with van der Waals surface area (Å²) in [6, 6.07) is 3.65. The van der Waals surface area contributed by atoms with Gasteiger partial charge in [0.15, 0.2) is 0 Å². The lowest BCUT2D eigenvalue weighted by atomic mass is 9.81. The SMILES string of the molecule is CCC1(C)C[N+](C)([O-])c2cc3nc(C)[nH]c(=O)c3cc21. The third kappa shape index (κ3) is 1.70. The number of nitrogens with one attached hydrogen (secondary N) is 1. The highest BCUT2D eigenvalue weighted by Crippen LogP contribution is 2.46. The molecule has 0 amide bonds. The quantitative estimate of drug-likeness (QED) is 0.640. The molecule has 0 saturated carbocycles. The van der Waals surface area contributed by atoms with Crippen LogP contribution in [0.15, 0.2) is 16.9 Å². The second kappa shape index (κ2) is 3.90. The molecule has 0 saturated heterocycles. The Hall–Kier alpha value is -1.72. The maximum absolute atomic E-state index is 12.7. The first-order chi connectivity index (χ1) is 9.27. The number of hydrogen-bond acceptors (Lipinski definition) is 3. The van der Waals surface area contributed by atoms with Crippen molar-refractivity contribution < 1.29 is 0 Å². The minimum Gasteiger partial charge on any atom is -0.627 e. The van der Waals surface area contributed by atoms with Gasteiger partial charge in [-0.05, 0) is 26.3 Å². The lowest BCUT2D eigenvalue weighted by Gasteiger charge is -2.35. The van der Waals surface area contributed by atoms with Crippen LogP contribution in [0.2, 0.25) is 0 Å². The highest BCUT2D eigenvalue weighted by atomic mass is 16.5. The van der Waals surface area contributed by atoms with Gasteiger partial charge in [-0.2, -0.15) is 0 Å². The largest absolute Gasteiger partial charge is 0.627 e. The number of rotatable bonds is 1. The predicted octanol–water partition coefficient (Wildman–Crippen LogP) is 2.35. The fourth-order valence-electron chi connectivity index (χ4n) is 3.31. The van der Waals surface area contributed by atoms with E-state index in [0.717, 1.165) is 17.7 Å². The minimum absolute atomic E-state index is 0.138. The molecule has 1 N–H and O–H groups in total. The van der Waals surface area contributed by atoms with Crippen molar-refractivity contribution in [3.63, 3.8) is 0 Å². The molecule has 5 nitrogen and oxygen atoms in total. The number of hydrogen-bond donors (Lipinski definition) is 1. The highest BCUT2D eigenvalue weighted by Gasteiger charge is 2.44. The first-order valence-corrected chi connectivity index (χ1v) is 6.89. The molecule has 1 aromatic carbocycles. The van der Waals surface area contributed by atoms with Crippen molar-refractivity contribution in [2.45, 2.75) is 32.6 Å². The first-order valence-electron chi connectivity index (χ1n) is 6.89. The molecule has 1 aromatic heterocycles. The Kier molecular flexibility index (Phi) is 2.59. The zero-order valence-corrected chi connectivity index (χ0v) is 12.3. The Morgan fingerprint density at radius 3 is 2.85 bits per heavy atom. The van der Waals surface area contributed by atoms with Gasteiger partial charge in [0.2, 0.25) is 0 Å². The normalized spacial score (nSPS) is 28.9. The van der Waals surface area contributed by atoms with Crippen molar-refractivity contribution >= 4 is 16.6 Å². The van der Waals surface area contributed by atoms with Crippen LogP contribution in [0.5, 0.6) is 0 Å². The predicted molar refractivity (Wildman–Crippen MR) is 80.7 cm³/mol. The summed E-state index contributed by atoms with van der Waals surface area (Å²) in [6.07, 6.45) is 0.874. The maximum atomic E-state index is 12.7. The van der Waals surface area contributed by atoms with Crippen LogP contribution in [-0.2, 0) is 5.41 Å². The number of likely N-dealkylation sites (N-methyl/N-ethyl adjacent to an activating group) is 1. The number of hydroxylamine groups is 2. The summed E-state index contributed by atoms with van der Waals surface area (Å²) in [4.78, 5) is 19.2. The molecule has 2 aromatic rings. The average Bonchev–Trinajstić information content (AvgIpc) is 2.55. The summed E-state index contributed by atoms with van der Waals surface area (Å²) in [5.74, 6) is 0.568. The Balaban J connectivity index is 2.41. The Labute approximate surface area is 117 Å². The van der Waals surface area contributed by atoms with Gasteiger partial charge < -0.3 is 14.8 Å². The fraction of sp³-hybridized carbons (Fsp3) is 0.467. The van der Waals surface area contributed by atoms with Crippen LogP contribution in [0, 0.1) is 12.1 Å². The Morgan fingerprint density at radius 1 is 1.50 bits per heavy atom. The molecule has 2 atom stereocenters. The Bertz CT molecular complexity index is 764. The third-order valence-electron chi connectivity index (χ3n) is 4.53. The lowest BCUT2D eigenvalue weighted by molar-refractivity contribution is 0.361. The molecular weight excluding hydrogens is 254 g/mol. The summed E-state index contributed by atoms with van der Waals surface area (Å²) in [7, 11) is 1.67. The summed E-state index contributed by atoms with van der Waals surface area (Å²) in [6.45, 7) is 6.42. The van der Waals surface area contributed by atoms with Crippen LogP contribution in [0.3, 0.4) is 0 Å². The number of benzene rings is 1. The molecule has 1 aliphatic heterocycles. The molecule has 0 bridgehead atoms. The molecule has 5 heteroatoms. The molecule has 1 aliphatic rings. The standard InChI is InChI=1S/C15H19N3O2/c1-5-15(3)8-18(4,20)13-7-12-10(6-11(13)15)14(19)17-9(2)16-12/h6-7H,5,8H2,1-4H3,(H,16,17,19). The molecule has 2 unspecified atom stereocenters. The number of aryl methyl sites for hydroxylation is 1. The summed E-state index contributed by atoms with van der Waals surface area (Å²) >= 11 is 0. The monoisotopic (exact) mass is 273 g/mol. The highest BCUT2D eigenvalue weighted by molar-refractivity contribution is 5.84. The number of aromatic nitrogens is 2. The summed E-state index contributed by atoms with van der Waals surface area (Å²) in [5, 5.41) is 13.3. The van der Waals surface area contributed by atoms with Crippen molar-refractivity contribution in [3.8, 4) is 0 Å². The van der Waals surface area contributed by atoms with Crippen molar-refractivity contribution in [2.24, 2.45) is 0 Å². The van der Waals surface area contributed by atoms with Gasteiger partial charge in [-0.25, -0.2) is 4.98 Å². The van der Waals surface area contributed by atoms with Crippen LogP contribution >= 0.6 is 0 Å². The van der Waals surface area contributed by atoms with Gasteiger partial charge in [0.25, 0.3) is 5.56 Å². The van der Waals surface area contributed by atoms with E-state index in [0.29, 0.717) is 23.3 Å². The van der Waals surface area contributed by atoms with E-state index in [1.54, 1.807) is 20.0 Å². The number of quaternary nitrogens is 1. The van der Waals surface area contributed by atoms with Crippen molar-refractivity contribution in [2.75, 3.05) is 13.6 Å². The molecule has 0 fully saturated rings. The second-order valence-corrected chi connectivity index (χ2v) is 6.21. The van der Waals surface area contributed by atoms with Crippen molar-refractivity contribution in [3.05, 3.63) is 39.1 Å². The third-order valence-corrected chi connectivity index (χ3v) is 4.53. The fourth-order valence-corrected chi connectivity index (χ4v) is 3.31. The van der Waals surface area contributed by atoms with E-state index < -0.39 is 4.65 Å². The molecule has 0 aliphatic carbocycles.